The van der Waals surface area contributed by atoms with Crippen molar-refractivity contribution < 1.29 is 0 Å². The first kappa shape index (κ1) is 10.0. The highest BCUT2D eigenvalue weighted by molar-refractivity contribution is 4.84. The molecule has 0 aliphatic heterocycles. The number of hydrogen-bond acceptors (Lipinski definition) is 2. The van der Waals surface area contributed by atoms with Crippen molar-refractivity contribution in [2.45, 2.75) is 51.6 Å². The highest BCUT2D eigenvalue weighted by Gasteiger charge is 2.26. The van der Waals surface area contributed by atoms with Gasteiger partial charge in [0.25, 0.3) is 0 Å². The van der Waals surface area contributed by atoms with Crippen molar-refractivity contribution in [3.8, 4) is 0 Å². The molecular weight excluding hydrogens is 148 g/mol. The molecule has 0 aromatic rings. The molecule has 1 fully saturated rings. The maximum Gasteiger partial charge on any atom is 0.0662 e. The second kappa shape index (κ2) is 4.24. The van der Waals surface area contributed by atoms with Crippen LogP contribution in [0.2, 0.25) is 0 Å². The lowest BCUT2D eigenvalue weighted by molar-refractivity contribution is 0.230. The molecule has 0 radical (unpaired) electrons. The number of hydrogen-bond donors (Lipinski definition) is 2. The third-order valence-electron chi connectivity index (χ3n) is 2.61. The van der Waals surface area contributed by atoms with E-state index >= 15 is 0 Å². The van der Waals surface area contributed by atoms with Crippen LogP contribution in [0.5, 0.6) is 0 Å². The summed E-state index contributed by atoms with van der Waals surface area (Å²) in [4.78, 5) is 0. The molecule has 2 heteroatoms. The second-order valence-corrected chi connectivity index (χ2v) is 4.49. The summed E-state index contributed by atoms with van der Waals surface area (Å²) < 4.78 is 0. The van der Waals surface area contributed by atoms with E-state index in [1.54, 1.807) is 0 Å². The molecule has 0 heterocycles. The zero-order valence-corrected chi connectivity index (χ0v) is 8.40. The van der Waals surface area contributed by atoms with Gasteiger partial charge in [0, 0.05) is 0 Å². The summed E-state index contributed by atoms with van der Waals surface area (Å²) in [6.45, 7) is 5.49. The van der Waals surface area contributed by atoms with E-state index in [0.29, 0.717) is 5.92 Å². The van der Waals surface area contributed by atoms with Crippen LogP contribution in [-0.4, -0.2) is 12.2 Å². The van der Waals surface area contributed by atoms with Gasteiger partial charge in [-0.2, -0.15) is 0 Å². The van der Waals surface area contributed by atoms with E-state index in [4.69, 9.17) is 5.73 Å². The Labute approximate surface area is 75.9 Å². The maximum atomic E-state index is 6.20. The molecule has 0 aromatic carbocycles. The highest BCUT2D eigenvalue weighted by Crippen LogP contribution is 2.23. The lowest BCUT2D eigenvalue weighted by atomic mass is 9.89. The molecule has 1 rings (SSSR count). The minimum atomic E-state index is -0.0392. The van der Waals surface area contributed by atoms with Gasteiger partial charge in [0.15, 0.2) is 0 Å². The van der Waals surface area contributed by atoms with Crippen LogP contribution in [0.1, 0.15) is 46.0 Å². The van der Waals surface area contributed by atoms with Gasteiger partial charge in [0.05, 0.1) is 5.66 Å². The average molecular weight is 170 g/mol. The van der Waals surface area contributed by atoms with Crippen LogP contribution in [0.3, 0.4) is 0 Å². The van der Waals surface area contributed by atoms with Crippen molar-refractivity contribution in [3.05, 3.63) is 0 Å². The molecule has 2 nitrogen and oxygen atoms in total. The van der Waals surface area contributed by atoms with Gasteiger partial charge in [0.2, 0.25) is 0 Å². The lowest BCUT2D eigenvalue weighted by Crippen LogP contribution is -2.55. The predicted molar refractivity (Wildman–Crippen MR) is 52.8 cm³/mol. The van der Waals surface area contributed by atoms with E-state index in [1.165, 1.54) is 19.3 Å². The molecule has 0 amide bonds. The van der Waals surface area contributed by atoms with Crippen LogP contribution in [0, 0.1) is 5.92 Å². The fourth-order valence-electron chi connectivity index (χ4n) is 1.77. The van der Waals surface area contributed by atoms with Gasteiger partial charge in [-0.3, -0.25) is 5.32 Å². The normalized spacial score (nSPS) is 23.0. The SMILES string of the molecule is CC(C)CNC1(N)CCCCC1. The topological polar surface area (TPSA) is 38.0 Å². The van der Waals surface area contributed by atoms with Crippen molar-refractivity contribution in [3.63, 3.8) is 0 Å². The largest absolute Gasteiger partial charge is 0.313 e. The minimum absolute atomic E-state index is 0.0392. The van der Waals surface area contributed by atoms with Crippen LogP contribution in [0.15, 0.2) is 0 Å². The van der Waals surface area contributed by atoms with Gasteiger partial charge in [0.1, 0.15) is 0 Å². The van der Waals surface area contributed by atoms with Crippen molar-refractivity contribution >= 4 is 0 Å². The van der Waals surface area contributed by atoms with Crippen LogP contribution in [0.25, 0.3) is 0 Å². The molecular formula is C10H22N2. The summed E-state index contributed by atoms with van der Waals surface area (Å²) >= 11 is 0. The molecule has 0 bridgehead atoms. The molecule has 0 atom stereocenters. The molecule has 1 aliphatic carbocycles. The molecule has 0 spiro atoms. The zero-order valence-electron chi connectivity index (χ0n) is 8.40. The van der Waals surface area contributed by atoms with Crippen molar-refractivity contribution in [1.82, 2.24) is 5.32 Å². The van der Waals surface area contributed by atoms with Crippen molar-refractivity contribution in [2.75, 3.05) is 6.54 Å². The van der Waals surface area contributed by atoms with Gasteiger partial charge in [-0.15, -0.1) is 0 Å². The van der Waals surface area contributed by atoms with Gasteiger partial charge in [-0.05, 0) is 25.3 Å². The molecule has 3 N–H and O–H groups in total. The van der Waals surface area contributed by atoms with Crippen LogP contribution >= 0.6 is 0 Å². The zero-order chi connectivity index (χ0) is 9.03. The fourth-order valence-corrected chi connectivity index (χ4v) is 1.77. The summed E-state index contributed by atoms with van der Waals surface area (Å²) in [7, 11) is 0. The van der Waals surface area contributed by atoms with E-state index in [1.807, 2.05) is 0 Å². The fraction of sp³-hybridized carbons (Fsp3) is 1.00. The summed E-state index contributed by atoms with van der Waals surface area (Å²) in [5.41, 5.74) is 6.16. The maximum absolute atomic E-state index is 6.20. The number of nitrogens with two attached hydrogens (primary N) is 1. The average Bonchev–Trinajstić information content (AvgIpc) is 2.03. The third-order valence-corrected chi connectivity index (χ3v) is 2.61. The minimum Gasteiger partial charge on any atom is -0.313 e. The lowest BCUT2D eigenvalue weighted by Gasteiger charge is -2.35. The molecule has 0 aromatic heterocycles. The molecule has 0 unspecified atom stereocenters. The van der Waals surface area contributed by atoms with Gasteiger partial charge >= 0.3 is 0 Å². The summed E-state index contributed by atoms with van der Waals surface area (Å²) in [5.74, 6) is 0.701. The Morgan fingerprint density at radius 2 is 1.83 bits per heavy atom. The number of rotatable bonds is 3. The van der Waals surface area contributed by atoms with Crippen LogP contribution in [0.4, 0.5) is 0 Å². The smallest absolute Gasteiger partial charge is 0.0662 e. The highest BCUT2D eigenvalue weighted by atomic mass is 15.1. The van der Waals surface area contributed by atoms with Crippen molar-refractivity contribution in [1.29, 1.82) is 0 Å². The first-order chi connectivity index (χ1) is 5.62. The van der Waals surface area contributed by atoms with Crippen molar-refractivity contribution in [2.24, 2.45) is 11.7 Å². The Morgan fingerprint density at radius 3 is 2.33 bits per heavy atom. The van der Waals surface area contributed by atoms with E-state index in [-0.39, 0.29) is 5.66 Å². The van der Waals surface area contributed by atoms with Gasteiger partial charge in [-0.1, -0.05) is 33.1 Å². The Bertz CT molecular complexity index is 126. The summed E-state index contributed by atoms with van der Waals surface area (Å²) in [6, 6.07) is 0. The van der Waals surface area contributed by atoms with E-state index < -0.39 is 0 Å². The standard InChI is InChI=1S/C10H22N2/c1-9(2)8-12-10(11)6-4-3-5-7-10/h9,12H,3-8,11H2,1-2H3. The van der Waals surface area contributed by atoms with Gasteiger partial charge in [-0.25, -0.2) is 0 Å². The predicted octanol–water partition coefficient (Wildman–Crippen LogP) is 1.85. The second-order valence-electron chi connectivity index (χ2n) is 4.49. The molecule has 72 valence electrons. The first-order valence-electron chi connectivity index (χ1n) is 5.16. The summed E-state index contributed by atoms with van der Waals surface area (Å²) in [6.07, 6.45) is 6.25. The van der Waals surface area contributed by atoms with E-state index in [9.17, 15) is 0 Å². The molecule has 1 aliphatic rings. The summed E-state index contributed by atoms with van der Waals surface area (Å²) in [5, 5.41) is 3.48. The Morgan fingerprint density at radius 1 is 1.25 bits per heavy atom. The van der Waals surface area contributed by atoms with E-state index in [2.05, 4.69) is 19.2 Å². The number of nitrogens with one attached hydrogen (secondary N) is 1. The molecule has 1 saturated carbocycles. The molecule has 12 heavy (non-hydrogen) atoms. The van der Waals surface area contributed by atoms with Gasteiger partial charge < -0.3 is 5.73 Å². The monoisotopic (exact) mass is 170 g/mol. The quantitative estimate of drug-likeness (QED) is 0.634. The molecule has 0 saturated heterocycles. The Balaban J connectivity index is 2.26. The Kier molecular flexibility index (Phi) is 3.53. The third kappa shape index (κ3) is 3.11. The van der Waals surface area contributed by atoms with Crippen LogP contribution < -0.4 is 11.1 Å². The van der Waals surface area contributed by atoms with E-state index in [0.717, 1.165) is 19.4 Å². The Hall–Kier alpha value is -0.0800. The first-order valence-corrected chi connectivity index (χ1v) is 5.16. The van der Waals surface area contributed by atoms with Crippen LogP contribution in [-0.2, 0) is 0 Å².